The van der Waals surface area contributed by atoms with E-state index in [-0.39, 0.29) is 12.1 Å². The van der Waals surface area contributed by atoms with Crippen molar-refractivity contribution >= 4 is 23.5 Å². The number of amides is 3. The normalized spacial score (nSPS) is 12.9. The number of nitrogens with one attached hydrogen (secondary N) is 2. The van der Waals surface area contributed by atoms with Gasteiger partial charge in [0, 0.05) is 13.1 Å². The molecule has 0 fully saturated rings. The number of carbonyl (C=O) groups excluding carboxylic acids is 2. The Kier molecular flexibility index (Phi) is 8.14. The van der Waals surface area contributed by atoms with Crippen molar-refractivity contribution in [2.24, 2.45) is 0 Å². The molecule has 6 heteroatoms. The number of nitrogens with zero attached hydrogens (tertiary/aromatic N) is 1. The first-order chi connectivity index (χ1) is 15.3. The zero-order valence-electron chi connectivity index (χ0n) is 19.4. The van der Waals surface area contributed by atoms with Gasteiger partial charge >= 0.3 is 12.1 Å². The van der Waals surface area contributed by atoms with Crippen LogP contribution in [0.5, 0.6) is 0 Å². The van der Waals surface area contributed by atoms with Crippen molar-refractivity contribution in [1.29, 1.82) is 0 Å². The van der Waals surface area contributed by atoms with Crippen molar-refractivity contribution in [1.82, 2.24) is 10.6 Å². The number of benzene rings is 2. The Morgan fingerprint density at radius 2 is 1.31 bits per heavy atom. The molecule has 3 amide bonds. The first-order valence-corrected chi connectivity index (χ1v) is 11.6. The fourth-order valence-corrected chi connectivity index (χ4v) is 3.88. The van der Waals surface area contributed by atoms with Crippen LogP contribution in [0.1, 0.15) is 57.6 Å². The van der Waals surface area contributed by atoms with Gasteiger partial charge in [-0.3, -0.25) is 4.90 Å². The summed E-state index contributed by atoms with van der Waals surface area (Å²) in [6.07, 6.45) is 5.24. The molecule has 1 heterocycles. The van der Waals surface area contributed by atoms with E-state index in [0.29, 0.717) is 13.1 Å². The fourth-order valence-electron chi connectivity index (χ4n) is 3.88. The van der Waals surface area contributed by atoms with Crippen molar-refractivity contribution in [2.75, 3.05) is 18.0 Å². The summed E-state index contributed by atoms with van der Waals surface area (Å²) in [4.78, 5) is 26.6. The van der Waals surface area contributed by atoms with Gasteiger partial charge in [0.2, 0.25) is 0 Å². The van der Waals surface area contributed by atoms with Gasteiger partial charge in [-0.1, -0.05) is 49.2 Å². The summed E-state index contributed by atoms with van der Waals surface area (Å²) in [6.45, 7) is 6.78. The molecular weight excluding hydrogens is 402 g/mol. The van der Waals surface area contributed by atoms with E-state index in [2.05, 4.69) is 22.8 Å². The van der Waals surface area contributed by atoms with Crippen molar-refractivity contribution < 1.29 is 14.3 Å². The Morgan fingerprint density at radius 1 is 0.812 bits per heavy atom. The van der Waals surface area contributed by atoms with Crippen LogP contribution in [0.4, 0.5) is 21.0 Å². The summed E-state index contributed by atoms with van der Waals surface area (Å²) in [5.74, 6) is 0. The van der Waals surface area contributed by atoms with E-state index in [1.54, 1.807) is 0 Å². The number of hydrogen-bond acceptors (Lipinski definition) is 3. The number of ether oxygens (including phenoxy) is 1. The third-order valence-electron chi connectivity index (χ3n) is 5.38. The summed E-state index contributed by atoms with van der Waals surface area (Å²) < 4.78 is 5.22. The van der Waals surface area contributed by atoms with Crippen molar-refractivity contribution in [3.8, 4) is 0 Å². The third kappa shape index (κ3) is 6.74. The van der Waals surface area contributed by atoms with Crippen LogP contribution in [-0.2, 0) is 17.6 Å². The molecule has 3 rings (SSSR count). The lowest BCUT2D eigenvalue weighted by Crippen LogP contribution is -2.37. The average Bonchev–Trinajstić information content (AvgIpc) is 2.91. The topological polar surface area (TPSA) is 70.7 Å². The highest BCUT2D eigenvalue weighted by Gasteiger charge is 2.25. The van der Waals surface area contributed by atoms with E-state index < -0.39 is 5.60 Å². The second-order valence-corrected chi connectivity index (χ2v) is 9.17. The smallest absolute Gasteiger partial charge is 0.407 e. The second-order valence-electron chi connectivity index (χ2n) is 9.17. The van der Waals surface area contributed by atoms with Gasteiger partial charge in [0.15, 0.2) is 0 Å². The Balaban J connectivity index is 1.44. The Hall–Kier alpha value is -3.02. The molecule has 6 nitrogen and oxygen atoms in total. The van der Waals surface area contributed by atoms with Crippen LogP contribution < -0.4 is 15.5 Å². The molecule has 0 aliphatic carbocycles. The van der Waals surface area contributed by atoms with E-state index in [4.69, 9.17) is 4.74 Å². The molecular formula is C26H35N3O3. The number of fused-ring (bicyclic) bond motifs is 2. The molecule has 172 valence electrons. The maximum Gasteiger partial charge on any atom is 0.407 e. The monoisotopic (exact) mass is 437 g/mol. The first-order valence-electron chi connectivity index (χ1n) is 11.6. The number of rotatable bonds is 7. The number of aryl methyl sites for hydroxylation is 2. The number of hydrogen-bond donors (Lipinski definition) is 2. The molecule has 1 aliphatic rings. The van der Waals surface area contributed by atoms with E-state index in [0.717, 1.165) is 49.9 Å². The van der Waals surface area contributed by atoms with Gasteiger partial charge in [0.05, 0.1) is 11.4 Å². The maximum atomic E-state index is 13.2. The molecule has 0 spiro atoms. The van der Waals surface area contributed by atoms with Crippen LogP contribution >= 0.6 is 0 Å². The standard InChI is InChI=1S/C26H35N3O3/c1-26(2,3)32-25(31)28-19-11-5-4-10-18-27-24(30)29-22-14-8-6-12-20(22)16-17-21-13-7-9-15-23(21)29/h6-9,12-15H,4-5,10-11,16-19H2,1-3H3,(H,27,30)(H,28,31). The number of unbranched alkanes of at least 4 members (excludes halogenated alkanes) is 3. The number of anilines is 2. The van der Waals surface area contributed by atoms with Crippen molar-refractivity contribution in [2.45, 2.75) is 64.9 Å². The molecule has 0 atom stereocenters. The minimum atomic E-state index is -0.476. The van der Waals surface area contributed by atoms with Gasteiger partial charge in [-0.25, -0.2) is 9.59 Å². The van der Waals surface area contributed by atoms with Gasteiger partial charge in [0.25, 0.3) is 0 Å². The van der Waals surface area contributed by atoms with Crippen molar-refractivity contribution in [3.05, 3.63) is 59.7 Å². The van der Waals surface area contributed by atoms with Crippen LogP contribution in [0, 0.1) is 0 Å². The fraction of sp³-hybridized carbons (Fsp3) is 0.462. The first kappa shape index (κ1) is 23.6. The summed E-state index contributed by atoms with van der Waals surface area (Å²) in [5.41, 5.74) is 3.83. The highest BCUT2D eigenvalue weighted by Crippen LogP contribution is 2.35. The molecule has 0 bridgehead atoms. The van der Waals surface area contributed by atoms with Crippen LogP contribution in [0.25, 0.3) is 0 Å². The number of carbonyl (C=O) groups is 2. The van der Waals surface area contributed by atoms with Crippen LogP contribution in [-0.4, -0.2) is 30.8 Å². The average molecular weight is 438 g/mol. The van der Waals surface area contributed by atoms with Gasteiger partial charge in [-0.15, -0.1) is 0 Å². The molecule has 0 saturated heterocycles. The van der Waals surface area contributed by atoms with Gasteiger partial charge in [-0.05, 0) is 69.7 Å². The van der Waals surface area contributed by atoms with Crippen LogP contribution in [0.15, 0.2) is 48.5 Å². The molecule has 0 radical (unpaired) electrons. The molecule has 0 unspecified atom stereocenters. The largest absolute Gasteiger partial charge is 0.444 e. The Bertz CT molecular complexity index is 873. The summed E-state index contributed by atoms with van der Waals surface area (Å²) in [5, 5.41) is 5.87. The highest BCUT2D eigenvalue weighted by molar-refractivity contribution is 6.01. The van der Waals surface area contributed by atoms with Crippen LogP contribution in [0.2, 0.25) is 0 Å². The molecule has 0 saturated carbocycles. The lowest BCUT2D eigenvalue weighted by Gasteiger charge is -2.25. The molecule has 32 heavy (non-hydrogen) atoms. The Labute approximate surface area is 191 Å². The molecule has 1 aliphatic heterocycles. The lowest BCUT2D eigenvalue weighted by atomic mass is 10.0. The predicted octanol–water partition coefficient (Wildman–Crippen LogP) is 5.72. The number of para-hydroxylation sites is 2. The highest BCUT2D eigenvalue weighted by atomic mass is 16.6. The second kappa shape index (κ2) is 11.0. The zero-order chi connectivity index (χ0) is 23.0. The van der Waals surface area contributed by atoms with Crippen molar-refractivity contribution in [3.63, 3.8) is 0 Å². The number of alkyl carbamates (subject to hydrolysis) is 1. The van der Waals surface area contributed by atoms with E-state index in [9.17, 15) is 9.59 Å². The van der Waals surface area contributed by atoms with Gasteiger partial charge in [-0.2, -0.15) is 0 Å². The quantitative estimate of drug-likeness (QED) is 0.545. The maximum absolute atomic E-state index is 13.2. The predicted molar refractivity (Wildman–Crippen MR) is 129 cm³/mol. The summed E-state index contributed by atoms with van der Waals surface area (Å²) in [7, 11) is 0. The van der Waals surface area contributed by atoms with Crippen LogP contribution in [0.3, 0.4) is 0 Å². The third-order valence-corrected chi connectivity index (χ3v) is 5.38. The SMILES string of the molecule is CC(C)(C)OC(=O)NCCCCCCNC(=O)N1c2ccccc2CCc2ccccc21. The summed E-state index contributed by atoms with van der Waals surface area (Å²) >= 11 is 0. The van der Waals surface area contributed by atoms with E-state index in [1.165, 1.54) is 11.1 Å². The van der Waals surface area contributed by atoms with E-state index in [1.807, 2.05) is 62.1 Å². The van der Waals surface area contributed by atoms with E-state index >= 15 is 0 Å². The lowest BCUT2D eigenvalue weighted by molar-refractivity contribution is 0.0527. The molecule has 2 aromatic rings. The zero-order valence-corrected chi connectivity index (χ0v) is 19.4. The minimum Gasteiger partial charge on any atom is -0.444 e. The Morgan fingerprint density at radius 3 is 1.84 bits per heavy atom. The number of urea groups is 1. The van der Waals surface area contributed by atoms with Gasteiger partial charge < -0.3 is 15.4 Å². The minimum absolute atomic E-state index is 0.0848. The van der Waals surface area contributed by atoms with Gasteiger partial charge in [0.1, 0.15) is 5.60 Å². The molecule has 0 aromatic heterocycles. The molecule has 2 aromatic carbocycles. The molecule has 2 N–H and O–H groups in total. The summed E-state index contributed by atoms with van der Waals surface area (Å²) in [6, 6.07) is 16.2.